The van der Waals surface area contributed by atoms with Crippen LogP contribution in [0.5, 0.6) is 0 Å². The van der Waals surface area contributed by atoms with Crippen molar-refractivity contribution >= 4 is 18.3 Å². The Bertz CT molecular complexity index is 153. The van der Waals surface area contributed by atoms with Gasteiger partial charge in [-0.05, 0) is 6.42 Å². The van der Waals surface area contributed by atoms with Gasteiger partial charge in [-0.15, -0.1) is 12.4 Å². The number of aliphatic hydroxyl groups excluding tert-OH is 1. The van der Waals surface area contributed by atoms with Crippen LogP contribution in [0.15, 0.2) is 0 Å². The molecular formula is C8H19ClN2O2. The standard InChI is InChI=1S/C8H18N2O2.ClH/c1-4-5-6(9)7(11)8(12)10(2)3;/h6-7,11H,4-5,9H2,1-3H3;1H. The van der Waals surface area contributed by atoms with Crippen molar-refractivity contribution in [1.82, 2.24) is 4.90 Å². The molecule has 13 heavy (non-hydrogen) atoms. The van der Waals surface area contributed by atoms with Crippen molar-refractivity contribution in [2.45, 2.75) is 31.9 Å². The van der Waals surface area contributed by atoms with Crippen molar-refractivity contribution in [3.05, 3.63) is 0 Å². The van der Waals surface area contributed by atoms with Crippen LogP contribution in [0.1, 0.15) is 19.8 Å². The van der Waals surface area contributed by atoms with Crippen molar-refractivity contribution in [3.8, 4) is 0 Å². The molecule has 0 saturated carbocycles. The topological polar surface area (TPSA) is 66.6 Å². The van der Waals surface area contributed by atoms with Crippen molar-refractivity contribution in [2.24, 2.45) is 5.73 Å². The highest BCUT2D eigenvalue weighted by atomic mass is 35.5. The van der Waals surface area contributed by atoms with E-state index in [-0.39, 0.29) is 18.3 Å². The Labute approximate surface area is 85.5 Å². The Morgan fingerprint density at radius 1 is 1.54 bits per heavy atom. The van der Waals surface area contributed by atoms with Gasteiger partial charge in [0.05, 0.1) is 0 Å². The molecular weight excluding hydrogens is 192 g/mol. The molecule has 0 rings (SSSR count). The Morgan fingerprint density at radius 3 is 2.31 bits per heavy atom. The Morgan fingerprint density at radius 2 is 2.00 bits per heavy atom. The maximum Gasteiger partial charge on any atom is 0.252 e. The minimum absolute atomic E-state index is 0. The lowest BCUT2D eigenvalue weighted by Crippen LogP contribution is -2.45. The lowest BCUT2D eigenvalue weighted by molar-refractivity contribution is -0.138. The van der Waals surface area contributed by atoms with Gasteiger partial charge in [0, 0.05) is 20.1 Å². The number of amides is 1. The summed E-state index contributed by atoms with van der Waals surface area (Å²) in [6, 6.07) is -0.440. The van der Waals surface area contributed by atoms with Crippen molar-refractivity contribution in [3.63, 3.8) is 0 Å². The summed E-state index contributed by atoms with van der Waals surface area (Å²) in [5, 5.41) is 9.37. The molecule has 2 atom stereocenters. The first-order valence-corrected chi connectivity index (χ1v) is 4.15. The zero-order chi connectivity index (χ0) is 9.72. The number of nitrogens with zero attached hydrogens (tertiary/aromatic N) is 1. The summed E-state index contributed by atoms with van der Waals surface area (Å²) in [6.45, 7) is 1.96. The highest BCUT2D eigenvalue weighted by Gasteiger charge is 2.23. The first kappa shape index (κ1) is 15.2. The van der Waals surface area contributed by atoms with Crippen LogP contribution in [0.4, 0.5) is 0 Å². The van der Waals surface area contributed by atoms with Gasteiger partial charge in [0.1, 0.15) is 6.10 Å². The number of likely N-dealkylation sites (N-methyl/N-ethyl adjacent to an activating group) is 1. The van der Waals surface area contributed by atoms with E-state index in [1.165, 1.54) is 4.90 Å². The molecule has 0 aliphatic heterocycles. The molecule has 0 fully saturated rings. The number of halogens is 1. The molecule has 0 saturated heterocycles. The van der Waals surface area contributed by atoms with Crippen LogP contribution in [0, 0.1) is 0 Å². The quantitative estimate of drug-likeness (QED) is 0.686. The Hall–Kier alpha value is -0.320. The maximum atomic E-state index is 11.2. The fourth-order valence-corrected chi connectivity index (χ4v) is 0.939. The largest absolute Gasteiger partial charge is 0.382 e. The van der Waals surface area contributed by atoms with Crippen LogP contribution in [-0.4, -0.2) is 42.2 Å². The second-order valence-corrected chi connectivity index (χ2v) is 3.13. The van der Waals surface area contributed by atoms with E-state index in [9.17, 15) is 9.90 Å². The fraction of sp³-hybridized carbons (Fsp3) is 0.875. The van der Waals surface area contributed by atoms with Gasteiger partial charge in [0.2, 0.25) is 0 Å². The van der Waals surface area contributed by atoms with E-state index in [2.05, 4.69) is 0 Å². The third-order valence-corrected chi connectivity index (χ3v) is 1.72. The first-order valence-electron chi connectivity index (χ1n) is 4.15. The molecule has 0 aromatic carbocycles. The Kier molecular flexibility index (Phi) is 8.30. The minimum atomic E-state index is -1.06. The molecule has 0 bridgehead atoms. The second-order valence-electron chi connectivity index (χ2n) is 3.13. The molecule has 1 amide bonds. The number of nitrogens with two attached hydrogens (primary N) is 1. The summed E-state index contributed by atoms with van der Waals surface area (Å²) < 4.78 is 0. The van der Waals surface area contributed by atoms with E-state index >= 15 is 0 Å². The summed E-state index contributed by atoms with van der Waals surface area (Å²) in [6.07, 6.45) is 0.486. The molecule has 0 aromatic heterocycles. The number of hydrogen-bond donors (Lipinski definition) is 2. The van der Waals surface area contributed by atoms with Gasteiger partial charge in [-0.2, -0.15) is 0 Å². The van der Waals surface area contributed by atoms with Crippen LogP contribution >= 0.6 is 12.4 Å². The lowest BCUT2D eigenvalue weighted by atomic mass is 10.1. The van der Waals surface area contributed by atoms with Crippen LogP contribution in [-0.2, 0) is 4.79 Å². The van der Waals surface area contributed by atoms with Crippen LogP contribution in [0.2, 0.25) is 0 Å². The smallest absolute Gasteiger partial charge is 0.252 e. The molecule has 3 N–H and O–H groups in total. The monoisotopic (exact) mass is 210 g/mol. The van der Waals surface area contributed by atoms with Crippen LogP contribution in [0.25, 0.3) is 0 Å². The predicted molar refractivity (Wildman–Crippen MR) is 54.8 cm³/mol. The molecule has 2 unspecified atom stereocenters. The average Bonchev–Trinajstić information content (AvgIpc) is 2.02. The van der Waals surface area contributed by atoms with Crippen molar-refractivity contribution < 1.29 is 9.90 Å². The summed E-state index contributed by atoms with van der Waals surface area (Å²) in [4.78, 5) is 12.5. The third-order valence-electron chi connectivity index (χ3n) is 1.72. The molecule has 4 nitrogen and oxygen atoms in total. The molecule has 80 valence electrons. The van der Waals surface area contributed by atoms with Crippen LogP contribution in [0.3, 0.4) is 0 Å². The van der Waals surface area contributed by atoms with E-state index in [0.29, 0.717) is 6.42 Å². The molecule has 0 aliphatic rings. The van der Waals surface area contributed by atoms with E-state index in [1.54, 1.807) is 14.1 Å². The molecule has 0 aromatic rings. The highest BCUT2D eigenvalue weighted by Crippen LogP contribution is 2.01. The van der Waals surface area contributed by atoms with Gasteiger partial charge in [-0.3, -0.25) is 4.79 Å². The third kappa shape index (κ3) is 5.08. The van der Waals surface area contributed by atoms with Gasteiger partial charge < -0.3 is 15.7 Å². The van der Waals surface area contributed by atoms with Gasteiger partial charge in [0.15, 0.2) is 0 Å². The van der Waals surface area contributed by atoms with E-state index in [1.807, 2.05) is 6.92 Å². The van der Waals surface area contributed by atoms with E-state index in [0.717, 1.165) is 6.42 Å². The fourth-order valence-electron chi connectivity index (χ4n) is 0.939. The lowest BCUT2D eigenvalue weighted by Gasteiger charge is -2.20. The summed E-state index contributed by atoms with van der Waals surface area (Å²) in [7, 11) is 3.20. The normalized spacial score (nSPS) is 14.2. The summed E-state index contributed by atoms with van der Waals surface area (Å²) in [5.74, 6) is -0.323. The molecule has 0 heterocycles. The minimum Gasteiger partial charge on any atom is -0.382 e. The van der Waals surface area contributed by atoms with Gasteiger partial charge in [0.25, 0.3) is 5.91 Å². The van der Waals surface area contributed by atoms with E-state index in [4.69, 9.17) is 5.73 Å². The second kappa shape index (κ2) is 7.12. The number of rotatable bonds is 4. The van der Waals surface area contributed by atoms with Crippen molar-refractivity contribution in [2.75, 3.05) is 14.1 Å². The molecule has 5 heteroatoms. The van der Waals surface area contributed by atoms with Gasteiger partial charge in [-0.25, -0.2) is 0 Å². The SMILES string of the molecule is CCCC(N)C(O)C(=O)N(C)C.Cl. The molecule has 0 spiro atoms. The molecule has 0 radical (unpaired) electrons. The van der Waals surface area contributed by atoms with Crippen LogP contribution < -0.4 is 5.73 Å². The van der Waals surface area contributed by atoms with Gasteiger partial charge in [-0.1, -0.05) is 13.3 Å². The number of carbonyl (C=O) groups is 1. The predicted octanol–water partition coefficient (Wildman–Crippen LogP) is -0.0153. The number of aliphatic hydroxyl groups is 1. The van der Waals surface area contributed by atoms with E-state index < -0.39 is 12.1 Å². The number of hydrogen-bond acceptors (Lipinski definition) is 3. The zero-order valence-electron chi connectivity index (χ0n) is 8.36. The summed E-state index contributed by atoms with van der Waals surface area (Å²) in [5.41, 5.74) is 5.57. The maximum absolute atomic E-state index is 11.2. The highest BCUT2D eigenvalue weighted by molar-refractivity contribution is 5.85. The average molecular weight is 211 g/mol. The van der Waals surface area contributed by atoms with Crippen molar-refractivity contribution in [1.29, 1.82) is 0 Å². The van der Waals surface area contributed by atoms with Gasteiger partial charge >= 0.3 is 0 Å². The molecule has 0 aliphatic carbocycles. The zero-order valence-corrected chi connectivity index (χ0v) is 9.17. The Balaban J connectivity index is 0. The summed E-state index contributed by atoms with van der Waals surface area (Å²) >= 11 is 0. The number of carbonyl (C=O) groups excluding carboxylic acids is 1. The first-order chi connectivity index (χ1) is 5.50.